The van der Waals surface area contributed by atoms with Gasteiger partial charge in [0.1, 0.15) is 11.6 Å². The summed E-state index contributed by atoms with van der Waals surface area (Å²) in [5, 5.41) is 0. The van der Waals surface area contributed by atoms with E-state index in [1.165, 1.54) is 24.3 Å². The molecule has 0 radical (unpaired) electrons. The minimum Gasteiger partial charge on any atom is -0.252 e. The van der Waals surface area contributed by atoms with E-state index in [0.29, 0.717) is 17.8 Å². The normalized spacial score (nSPS) is 10.8. The van der Waals surface area contributed by atoms with Crippen molar-refractivity contribution in [3.63, 3.8) is 0 Å². The molecule has 3 aromatic rings. The van der Waals surface area contributed by atoms with Gasteiger partial charge in [-0.25, -0.2) is 13.8 Å². The van der Waals surface area contributed by atoms with E-state index in [9.17, 15) is 8.78 Å². The van der Waals surface area contributed by atoms with Gasteiger partial charge in [0.25, 0.3) is 0 Å². The molecule has 4 heteroatoms. The molecule has 0 fully saturated rings. The van der Waals surface area contributed by atoms with Crippen LogP contribution in [0, 0.1) is 11.6 Å². The van der Waals surface area contributed by atoms with Crippen LogP contribution in [0.5, 0.6) is 0 Å². The number of nitrogens with zero attached hydrogens (tertiary/aromatic N) is 2. The van der Waals surface area contributed by atoms with Crippen LogP contribution in [0.4, 0.5) is 8.78 Å². The van der Waals surface area contributed by atoms with E-state index in [0.717, 1.165) is 28.8 Å². The number of benzene rings is 2. The molecule has 0 spiro atoms. The second-order valence-electron chi connectivity index (χ2n) is 5.57. The van der Waals surface area contributed by atoms with E-state index >= 15 is 0 Å². The monoisotopic (exact) mass is 324 g/mol. The van der Waals surface area contributed by atoms with E-state index in [2.05, 4.69) is 9.97 Å². The van der Waals surface area contributed by atoms with Gasteiger partial charge in [0.2, 0.25) is 0 Å². The van der Waals surface area contributed by atoms with Crippen LogP contribution < -0.4 is 0 Å². The summed E-state index contributed by atoms with van der Waals surface area (Å²) in [6, 6.07) is 10.9. The Hall–Kier alpha value is -2.62. The molecule has 0 saturated heterocycles. The maximum Gasteiger partial charge on any atom is 0.123 e. The lowest BCUT2D eigenvalue weighted by atomic mass is 9.98. The molecule has 2 nitrogen and oxygen atoms in total. The van der Waals surface area contributed by atoms with Crippen molar-refractivity contribution in [3.8, 4) is 22.5 Å². The third kappa shape index (κ3) is 3.18. The smallest absolute Gasteiger partial charge is 0.123 e. The number of aryl methyl sites for hydroxylation is 2. The Morgan fingerprint density at radius 2 is 1.54 bits per heavy atom. The van der Waals surface area contributed by atoms with Crippen molar-refractivity contribution >= 4 is 0 Å². The average molecular weight is 324 g/mol. The zero-order chi connectivity index (χ0) is 17.1. The van der Waals surface area contributed by atoms with E-state index in [-0.39, 0.29) is 11.6 Å². The third-order valence-corrected chi connectivity index (χ3v) is 4.01. The topological polar surface area (TPSA) is 25.8 Å². The van der Waals surface area contributed by atoms with Gasteiger partial charge < -0.3 is 0 Å². The molecule has 3 rings (SSSR count). The fourth-order valence-corrected chi connectivity index (χ4v) is 2.69. The Labute approximate surface area is 140 Å². The van der Waals surface area contributed by atoms with Crippen LogP contribution in [0.15, 0.2) is 48.7 Å². The second kappa shape index (κ2) is 6.87. The van der Waals surface area contributed by atoms with E-state index in [1.54, 1.807) is 24.4 Å². The number of halogens is 2. The highest BCUT2D eigenvalue weighted by Gasteiger charge is 2.15. The minimum atomic E-state index is -0.295. The third-order valence-electron chi connectivity index (χ3n) is 4.01. The molecule has 0 N–H and O–H groups in total. The highest BCUT2D eigenvalue weighted by molar-refractivity contribution is 5.79. The van der Waals surface area contributed by atoms with Crippen molar-refractivity contribution in [2.45, 2.75) is 26.7 Å². The summed E-state index contributed by atoms with van der Waals surface area (Å²) in [6.07, 6.45) is 3.18. The first-order valence-electron chi connectivity index (χ1n) is 8.03. The zero-order valence-corrected chi connectivity index (χ0v) is 13.7. The standard InChI is InChI=1S/C20H18F2N2/c1-3-13-11-16(22)9-10-18(13)20-19(24-17(4-2)12-23-20)14-5-7-15(21)8-6-14/h5-12H,3-4H2,1-2H3. The summed E-state index contributed by atoms with van der Waals surface area (Å²) in [6.45, 7) is 3.98. The Morgan fingerprint density at radius 3 is 2.21 bits per heavy atom. The van der Waals surface area contributed by atoms with Crippen molar-refractivity contribution in [1.82, 2.24) is 9.97 Å². The van der Waals surface area contributed by atoms with Gasteiger partial charge in [-0.1, -0.05) is 13.8 Å². The van der Waals surface area contributed by atoms with E-state index in [1.807, 2.05) is 13.8 Å². The van der Waals surface area contributed by atoms with Crippen molar-refractivity contribution in [2.75, 3.05) is 0 Å². The number of aromatic nitrogens is 2. The van der Waals surface area contributed by atoms with Crippen LogP contribution in [0.3, 0.4) is 0 Å². The fraction of sp³-hybridized carbons (Fsp3) is 0.200. The molecular weight excluding hydrogens is 306 g/mol. The maximum atomic E-state index is 13.6. The Kier molecular flexibility index (Phi) is 4.65. The van der Waals surface area contributed by atoms with Crippen LogP contribution in [-0.2, 0) is 12.8 Å². The Bertz CT molecular complexity index is 858. The van der Waals surface area contributed by atoms with Gasteiger partial charge in [0.15, 0.2) is 0 Å². The molecule has 0 aliphatic carbocycles. The van der Waals surface area contributed by atoms with Crippen LogP contribution in [-0.4, -0.2) is 9.97 Å². The van der Waals surface area contributed by atoms with Gasteiger partial charge in [0, 0.05) is 17.3 Å². The van der Waals surface area contributed by atoms with E-state index in [4.69, 9.17) is 0 Å². The molecule has 0 aliphatic heterocycles. The van der Waals surface area contributed by atoms with Gasteiger partial charge in [0.05, 0.1) is 17.1 Å². The second-order valence-corrected chi connectivity index (χ2v) is 5.57. The Morgan fingerprint density at radius 1 is 0.833 bits per heavy atom. The highest BCUT2D eigenvalue weighted by Crippen LogP contribution is 2.32. The summed E-state index contributed by atoms with van der Waals surface area (Å²) < 4.78 is 26.8. The molecule has 24 heavy (non-hydrogen) atoms. The van der Waals surface area contributed by atoms with Crippen molar-refractivity contribution in [3.05, 3.63) is 71.6 Å². The number of hydrogen-bond donors (Lipinski definition) is 0. The van der Waals surface area contributed by atoms with Gasteiger partial charge in [-0.3, -0.25) is 4.98 Å². The minimum absolute atomic E-state index is 0.267. The van der Waals surface area contributed by atoms with Crippen LogP contribution in [0.1, 0.15) is 25.1 Å². The average Bonchev–Trinajstić information content (AvgIpc) is 2.62. The molecule has 1 aromatic heterocycles. The first kappa shape index (κ1) is 16.2. The molecule has 0 saturated carbocycles. The van der Waals surface area contributed by atoms with Gasteiger partial charge in [-0.05, 0) is 60.9 Å². The lowest BCUT2D eigenvalue weighted by Gasteiger charge is -2.13. The summed E-state index contributed by atoms with van der Waals surface area (Å²) in [5.41, 5.74) is 4.76. The van der Waals surface area contributed by atoms with E-state index < -0.39 is 0 Å². The molecule has 2 aromatic carbocycles. The molecule has 0 unspecified atom stereocenters. The maximum absolute atomic E-state index is 13.6. The Balaban J connectivity index is 2.23. The van der Waals surface area contributed by atoms with Crippen LogP contribution in [0.25, 0.3) is 22.5 Å². The lowest BCUT2D eigenvalue weighted by Crippen LogP contribution is -2.00. The molecule has 0 amide bonds. The summed E-state index contributed by atoms with van der Waals surface area (Å²) in [5.74, 6) is -0.562. The first-order valence-corrected chi connectivity index (χ1v) is 8.03. The molecule has 0 atom stereocenters. The quantitative estimate of drug-likeness (QED) is 0.658. The SMILES string of the molecule is CCc1cnc(-c2ccc(F)cc2CC)c(-c2ccc(F)cc2)n1. The zero-order valence-electron chi connectivity index (χ0n) is 13.7. The summed E-state index contributed by atoms with van der Waals surface area (Å²) >= 11 is 0. The van der Waals surface area contributed by atoms with Crippen LogP contribution >= 0.6 is 0 Å². The molecule has 122 valence electrons. The lowest BCUT2D eigenvalue weighted by molar-refractivity contribution is 0.626. The fourth-order valence-electron chi connectivity index (χ4n) is 2.69. The van der Waals surface area contributed by atoms with Gasteiger partial charge >= 0.3 is 0 Å². The van der Waals surface area contributed by atoms with Crippen LogP contribution in [0.2, 0.25) is 0 Å². The molecular formula is C20H18F2N2. The van der Waals surface area contributed by atoms with Gasteiger partial charge in [-0.2, -0.15) is 0 Å². The molecule has 0 bridgehead atoms. The largest absolute Gasteiger partial charge is 0.252 e. The number of rotatable bonds is 4. The highest BCUT2D eigenvalue weighted by atomic mass is 19.1. The van der Waals surface area contributed by atoms with Crippen molar-refractivity contribution in [2.24, 2.45) is 0 Å². The molecule has 1 heterocycles. The van der Waals surface area contributed by atoms with Gasteiger partial charge in [-0.15, -0.1) is 0 Å². The summed E-state index contributed by atoms with van der Waals surface area (Å²) in [7, 11) is 0. The predicted octanol–water partition coefficient (Wildman–Crippen LogP) is 5.21. The van der Waals surface area contributed by atoms with Crippen molar-refractivity contribution < 1.29 is 8.78 Å². The molecule has 0 aliphatic rings. The number of hydrogen-bond acceptors (Lipinski definition) is 2. The summed E-state index contributed by atoms with van der Waals surface area (Å²) in [4.78, 5) is 9.26. The van der Waals surface area contributed by atoms with Crippen molar-refractivity contribution in [1.29, 1.82) is 0 Å². The predicted molar refractivity (Wildman–Crippen MR) is 91.6 cm³/mol. The first-order chi connectivity index (χ1) is 11.6.